The summed E-state index contributed by atoms with van der Waals surface area (Å²) >= 11 is 0. The number of nitrogens with one attached hydrogen (secondary N) is 1. The monoisotopic (exact) mass is 233 g/mol. The lowest BCUT2D eigenvalue weighted by Crippen LogP contribution is -2.16. The number of H-pyrrole nitrogens is 1. The lowest BCUT2D eigenvalue weighted by molar-refractivity contribution is 0.181. The zero-order valence-corrected chi connectivity index (χ0v) is 9.86. The molecule has 0 bridgehead atoms. The number of nitrogens with two attached hydrogens (primary N) is 1. The van der Waals surface area contributed by atoms with Crippen LogP contribution in [0, 0.1) is 6.92 Å². The summed E-state index contributed by atoms with van der Waals surface area (Å²) < 4.78 is 6.40. The van der Waals surface area contributed by atoms with Crippen molar-refractivity contribution in [3.63, 3.8) is 0 Å². The Labute approximate surface area is 98.8 Å². The van der Waals surface area contributed by atoms with E-state index in [0.29, 0.717) is 12.3 Å². The number of nitrogens with zero attached hydrogens (tertiary/aromatic N) is 1. The van der Waals surface area contributed by atoms with Crippen molar-refractivity contribution in [3.8, 4) is 5.69 Å². The van der Waals surface area contributed by atoms with Gasteiger partial charge in [-0.2, -0.15) is 0 Å². The van der Waals surface area contributed by atoms with Gasteiger partial charge in [0.15, 0.2) is 0 Å². The van der Waals surface area contributed by atoms with Gasteiger partial charge >= 0.3 is 0 Å². The van der Waals surface area contributed by atoms with Crippen LogP contribution in [-0.2, 0) is 11.3 Å². The smallest absolute Gasteiger partial charge is 0.294 e. The van der Waals surface area contributed by atoms with Crippen molar-refractivity contribution in [1.82, 2.24) is 9.78 Å². The highest BCUT2D eigenvalue weighted by Crippen LogP contribution is 2.11. The van der Waals surface area contributed by atoms with Crippen LogP contribution in [0.2, 0.25) is 0 Å². The van der Waals surface area contributed by atoms with Gasteiger partial charge in [-0.15, -0.1) is 0 Å². The summed E-state index contributed by atoms with van der Waals surface area (Å²) in [5.74, 6) is 0. The molecule has 5 nitrogen and oxygen atoms in total. The number of hydrogen-bond acceptors (Lipinski definition) is 3. The Balaban J connectivity index is 2.53. The van der Waals surface area contributed by atoms with E-state index in [2.05, 4.69) is 5.10 Å². The molecule has 0 aliphatic carbocycles. The number of anilines is 1. The molecule has 2 rings (SSSR count). The molecule has 1 heterocycles. The third-order valence-electron chi connectivity index (χ3n) is 2.55. The molecular formula is C12H15N3O2. The van der Waals surface area contributed by atoms with Crippen LogP contribution in [-0.4, -0.2) is 16.9 Å². The highest BCUT2D eigenvalue weighted by molar-refractivity contribution is 5.44. The molecule has 90 valence electrons. The largest absolute Gasteiger partial charge is 0.393 e. The summed E-state index contributed by atoms with van der Waals surface area (Å²) in [5, 5.41) is 2.95. The van der Waals surface area contributed by atoms with Gasteiger partial charge in [-0.25, -0.2) is 4.68 Å². The van der Waals surface area contributed by atoms with Gasteiger partial charge in [0.1, 0.15) is 5.69 Å². The van der Waals surface area contributed by atoms with Crippen LogP contribution < -0.4 is 11.3 Å². The van der Waals surface area contributed by atoms with Crippen LogP contribution in [0.4, 0.5) is 5.69 Å². The Bertz CT molecular complexity index is 584. The van der Waals surface area contributed by atoms with Gasteiger partial charge in [-0.05, 0) is 24.6 Å². The van der Waals surface area contributed by atoms with Crippen molar-refractivity contribution in [3.05, 3.63) is 45.9 Å². The molecule has 0 atom stereocenters. The van der Waals surface area contributed by atoms with E-state index >= 15 is 0 Å². The molecule has 17 heavy (non-hydrogen) atoms. The molecule has 2 aromatic rings. The Morgan fingerprint density at radius 3 is 2.88 bits per heavy atom. The van der Waals surface area contributed by atoms with Crippen LogP contribution in [0.3, 0.4) is 0 Å². The molecule has 0 spiro atoms. The normalized spacial score (nSPS) is 10.7. The molecule has 5 heteroatoms. The molecule has 0 saturated carbocycles. The van der Waals surface area contributed by atoms with E-state index in [1.165, 1.54) is 4.68 Å². The zero-order valence-electron chi connectivity index (χ0n) is 9.86. The highest BCUT2D eigenvalue weighted by Gasteiger charge is 2.11. The van der Waals surface area contributed by atoms with Gasteiger partial charge in [0.25, 0.3) is 5.56 Å². The van der Waals surface area contributed by atoms with Crippen molar-refractivity contribution >= 4 is 5.69 Å². The average molecular weight is 233 g/mol. The Morgan fingerprint density at radius 1 is 1.47 bits per heavy atom. The van der Waals surface area contributed by atoms with Gasteiger partial charge in [-0.1, -0.05) is 12.1 Å². The topological polar surface area (TPSA) is 73.0 Å². The first-order chi connectivity index (χ1) is 8.13. The maximum Gasteiger partial charge on any atom is 0.294 e. The molecule has 0 aliphatic rings. The van der Waals surface area contributed by atoms with E-state index in [0.717, 1.165) is 11.3 Å². The van der Waals surface area contributed by atoms with Crippen molar-refractivity contribution in [1.29, 1.82) is 0 Å². The van der Waals surface area contributed by atoms with Gasteiger partial charge < -0.3 is 10.5 Å². The fraction of sp³-hybridized carbons (Fsp3) is 0.250. The van der Waals surface area contributed by atoms with E-state index < -0.39 is 0 Å². The first-order valence-electron chi connectivity index (χ1n) is 5.29. The summed E-state index contributed by atoms with van der Waals surface area (Å²) in [6, 6.07) is 7.62. The van der Waals surface area contributed by atoms with Gasteiger partial charge in [0.2, 0.25) is 0 Å². The molecule has 0 amide bonds. The van der Waals surface area contributed by atoms with Crippen LogP contribution in [0.1, 0.15) is 11.3 Å². The first-order valence-corrected chi connectivity index (χ1v) is 5.29. The lowest BCUT2D eigenvalue weighted by atomic mass is 10.2. The maximum absolute atomic E-state index is 11.9. The van der Waals surface area contributed by atoms with Gasteiger partial charge in [0.05, 0.1) is 18.0 Å². The molecule has 0 fully saturated rings. The van der Waals surface area contributed by atoms with E-state index in [1.807, 2.05) is 31.2 Å². The fourth-order valence-electron chi connectivity index (χ4n) is 1.70. The molecular weight excluding hydrogens is 218 g/mol. The lowest BCUT2D eigenvalue weighted by Gasteiger charge is -2.02. The minimum atomic E-state index is -0.248. The second-order valence-corrected chi connectivity index (χ2v) is 3.92. The minimum Gasteiger partial charge on any atom is -0.393 e. The summed E-state index contributed by atoms with van der Waals surface area (Å²) in [6.07, 6.45) is 0. The van der Waals surface area contributed by atoms with Crippen molar-refractivity contribution in [2.24, 2.45) is 0 Å². The number of hydrogen-bond donors (Lipinski definition) is 2. The van der Waals surface area contributed by atoms with E-state index in [4.69, 9.17) is 10.5 Å². The number of benzene rings is 1. The van der Waals surface area contributed by atoms with Crippen LogP contribution in [0.5, 0.6) is 0 Å². The summed E-state index contributed by atoms with van der Waals surface area (Å²) in [7, 11) is 1.56. The highest BCUT2D eigenvalue weighted by atomic mass is 16.5. The summed E-state index contributed by atoms with van der Waals surface area (Å²) in [4.78, 5) is 11.9. The third kappa shape index (κ3) is 2.09. The molecule has 1 aromatic carbocycles. The molecule has 0 saturated heterocycles. The summed E-state index contributed by atoms with van der Waals surface area (Å²) in [6.45, 7) is 2.26. The SMILES string of the molecule is COCc1[nH]n(-c2cccc(C)c2)c(=O)c1N. The predicted octanol–water partition coefficient (Wildman–Crippen LogP) is 1.20. The quantitative estimate of drug-likeness (QED) is 0.836. The number of aromatic nitrogens is 2. The van der Waals surface area contributed by atoms with Gasteiger partial charge in [-0.3, -0.25) is 9.89 Å². The van der Waals surface area contributed by atoms with E-state index in [1.54, 1.807) is 7.11 Å². The average Bonchev–Trinajstić information content (AvgIpc) is 2.58. The Morgan fingerprint density at radius 2 is 2.24 bits per heavy atom. The zero-order chi connectivity index (χ0) is 12.4. The number of ether oxygens (including phenoxy) is 1. The molecule has 0 unspecified atom stereocenters. The predicted molar refractivity (Wildman–Crippen MR) is 66.3 cm³/mol. The molecule has 3 N–H and O–H groups in total. The van der Waals surface area contributed by atoms with Crippen molar-refractivity contribution in [2.45, 2.75) is 13.5 Å². The molecule has 0 aliphatic heterocycles. The standard InChI is InChI=1S/C12H15N3O2/c1-8-4-3-5-9(6-8)15-12(16)11(13)10(14-15)7-17-2/h3-6,14H,7,13H2,1-2H3. The minimum absolute atomic E-state index is 0.202. The number of aromatic amines is 1. The molecule has 1 aromatic heterocycles. The third-order valence-corrected chi connectivity index (χ3v) is 2.55. The molecule has 0 radical (unpaired) electrons. The number of methoxy groups -OCH3 is 1. The first kappa shape index (κ1) is 11.5. The van der Waals surface area contributed by atoms with Gasteiger partial charge in [0, 0.05) is 7.11 Å². The Kier molecular flexibility index (Phi) is 3.01. The van der Waals surface area contributed by atoms with E-state index in [-0.39, 0.29) is 11.2 Å². The number of nitrogen functional groups attached to an aromatic ring is 1. The van der Waals surface area contributed by atoms with E-state index in [9.17, 15) is 4.79 Å². The van der Waals surface area contributed by atoms with Crippen molar-refractivity contribution < 1.29 is 4.74 Å². The maximum atomic E-state index is 11.9. The summed E-state index contributed by atoms with van der Waals surface area (Å²) in [5.41, 5.74) is 8.12. The number of rotatable bonds is 3. The Hall–Kier alpha value is -2.01. The second-order valence-electron chi connectivity index (χ2n) is 3.92. The second kappa shape index (κ2) is 4.47. The fourth-order valence-corrected chi connectivity index (χ4v) is 1.70. The number of aryl methyl sites for hydroxylation is 1. The van der Waals surface area contributed by atoms with Crippen LogP contribution in [0.15, 0.2) is 29.1 Å². The van der Waals surface area contributed by atoms with Crippen LogP contribution >= 0.6 is 0 Å². The van der Waals surface area contributed by atoms with Crippen molar-refractivity contribution in [2.75, 3.05) is 12.8 Å². The van der Waals surface area contributed by atoms with Crippen LogP contribution in [0.25, 0.3) is 5.69 Å².